The van der Waals surface area contributed by atoms with Gasteiger partial charge in [-0.05, 0) is 29.4 Å². The molecule has 1 radical (unpaired) electrons. The van der Waals surface area contributed by atoms with Gasteiger partial charge in [-0.15, -0.1) is 0 Å². The Balaban J connectivity index is 2.70. The summed E-state index contributed by atoms with van der Waals surface area (Å²) in [4.78, 5) is 0. The first-order valence-corrected chi connectivity index (χ1v) is 5.01. The summed E-state index contributed by atoms with van der Waals surface area (Å²) >= 11 is 0. The van der Waals surface area contributed by atoms with Crippen LogP contribution in [0.2, 0.25) is 0 Å². The van der Waals surface area contributed by atoms with Crippen molar-refractivity contribution in [2.45, 2.75) is 33.1 Å². The minimum absolute atomic E-state index is 0.505. The van der Waals surface area contributed by atoms with E-state index in [-0.39, 0.29) is 0 Å². The van der Waals surface area contributed by atoms with E-state index in [1.54, 1.807) is 0 Å². The van der Waals surface area contributed by atoms with Crippen molar-refractivity contribution in [3.8, 4) is 0 Å². The van der Waals surface area contributed by atoms with Crippen LogP contribution in [-0.4, -0.2) is 0 Å². The van der Waals surface area contributed by atoms with Crippen LogP contribution in [0.15, 0.2) is 24.3 Å². The Morgan fingerprint density at radius 2 is 1.62 bits per heavy atom. The van der Waals surface area contributed by atoms with E-state index >= 15 is 0 Å². The van der Waals surface area contributed by atoms with Crippen molar-refractivity contribution in [2.24, 2.45) is 5.92 Å². The molecule has 0 aliphatic rings. The molecule has 0 saturated heterocycles. The minimum atomic E-state index is 0.505. The standard InChI is InChI=1S/C13H19/c1-10(2)9-12-5-7-13(8-6-12)11(3)4/h5-8,10-11H,1,9H2,2-4H3. The molecule has 13 heavy (non-hydrogen) atoms. The second-order valence-electron chi connectivity index (χ2n) is 4.21. The largest absolute Gasteiger partial charge is 0.0622 e. The molecule has 0 bridgehead atoms. The fourth-order valence-electron chi connectivity index (χ4n) is 1.44. The van der Waals surface area contributed by atoms with Crippen molar-refractivity contribution in [3.05, 3.63) is 42.3 Å². The zero-order valence-corrected chi connectivity index (χ0v) is 8.88. The Bertz CT molecular complexity index is 241. The lowest BCUT2D eigenvalue weighted by Crippen LogP contribution is -1.95. The monoisotopic (exact) mass is 175 g/mol. The van der Waals surface area contributed by atoms with E-state index in [1.165, 1.54) is 11.1 Å². The van der Waals surface area contributed by atoms with Gasteiger partial charge in [0.05, 0.1) is 0 Å². The topological polar surface area (TPSA) is 0 Å². The van der Waals surface area contributed by atoms with E-state index in [4.69, 9.17) is 0 Å². The average molecular weight is 175 g/mol. The summed E-state index contributed by atoms with van der Waals surface area (Å²) < 4.78 is 0. The zero-order chi connectivity index (χ0) is 9.84. The maximum Gasteiger partial charge on any atom is -0.0219 e. The third kappa shape index (κ3) is 3.22. The summed E-state index contributed by atoms with van der Waals surface area (Å²) in [7, 11) is 0. The van der Waals surface area contributed by atoms with Gasteiger partial charge in [0.25, 0.3) is 0 Å². The van der Waals surface area contributed by atoms with Crippen LogP contribution < -0.4 is 0 Å². The molecule has 0 aliphatic carbocycles. The van der Waals surface area contributed by atoms with E-state index in [2.05, 4.69) is 52.0 Å². The van der Waals surface area contributed by atoms with Crippen LogP contribution in [0.5, 0.6) is 0 Å². The van der Waals surface area contributed by atoms with Gasteiger partial charge in [-0.2, -0.15) is 0 Å². The van der Waals surface area contributed by atoms with E-state index < -0.39 is 0 Å². The highest BCUT2D eigenvalue weighted by Gasteiger charge is 2.00. The highest BCUT2D eigenvalue weighted by Crippen LogP contribution is 2.16. The molecule has 0 heteroatoms. The third-order valence-electron chi connectivity index (χ3n) is 2.23. The summed E-state index contributed by atoms with van der Waals surface area (Å²) in [5, 5.41) is 0. The van der Waals surface area contributed by atoms with Crippen molar-refractivity contribution >= 4 is 0 Å². The second-order valence-corrected chi connectivity index (χ2v) is 4.21. The first-order valence-electron chi connectivity index (χ1n) is 5.01. The maximum atomic E-state index is 3.99. The van der Waals surface area contributed by atoms with Gasteiger partial charge in [-0.1, -0.05) is 52.0 Å². The molecule has 1 aromatic rings. The van der Waals surface area contributed by atoms with Gasteiger partial charge in [0.1, 0.15) is 0 Å². The molecule has 0 amide bonds. The molecule has 1 aromatic carbocycles. The smallest absolute Gasteiger partial charge is 0.0219 e. The van der Waals surface area contributed by atoms with Crippen LogP contribution >= 0.6 is 0 Å². The fourth-order valence-corrected chi connectivity index (χ4v) is 1.44. The van der Waals surface area contributed by atoms with Crippen molar-refractivity contribution in [2.75, 3.05) is 0 Å². The molecule has 0 fully saturated rings. The molecule has 0 spiro atoms. The number of hydrogen-bond donors (Lipinski definition) is 0. The van der Waals surface area contributed by atoms with E-state index in [1.807, 2.05) is 0 Å². The van der Waals surface area contributed by atoms with Gasteiger partial charge < -0.3 is 0 Å². The Morgan fingerprint density at radius 1 is 1.08 bits per heavy atom. The fraction of sp³-hybridized carbons (Fsp3) is 0.462. The van der Waals surface area contributed by atoms with Gasteiger partial charge >= 0.3 is 0 Å². The van der Waals surface area contributed by atoms with Crippen LogP contribution in [0.25, 0.3) is 0 Å². The van der Waals surface area contributed by atoms with Gasteiger partial charge in [-0.3, -0.25) is 0 Å². The molecule has 0 saturated carbocycles. The highest BCUT2D eigenvalue weighted by molar-refractivity contribution is 5.24. The zero-order valence-electron chi connectivity index (χ0n) is 8.88. The summed E-state index contributed by atoms with van der Waals surface area (Å²) in [5.41, 5.74) is 2.81. The Morgan fingerprint density at radius 3 is 2.00 bits per heavy atom. The lowest BCUT2D eigenvalue weighted by molar-refractivity contribution is 0.718. The van der Waals surface area contributed by atoms with E-state index in [0.29, 0.717) is 11.8 Å². The van der Waals surface area contributed by atoms with Crippen molar-refractivity contribution in [3.63, 3.8) is 0 Å². The molecule has 1 atom stereocenters. The van der Waals surface area contributed by atoms with Crippen LogP contribution in [0.1, 0.15) is 37.8 Å². The summed E-state index contributed by atoms with van der Waals surface area (Å²) in [5.74, 6) is 1.14. The van der Waals surface area contributed by atoms with Gasteiger partial charge in [0.2, 0.25) is 0 Å². The molecular weight excluding hydrogens is 156 g/mol. The van der Waals surface area contributed by atoms with Gasteiger partial charge in [0.15, 0.2) is 0 Å². The lowest BCUT2D eigenvalue weighted by atomic mass is 9.98. The molecule has 0 heterocycles. The molecule has 0 aromatic heterocycles. The number of hydrogen-bond acceptors (Lipinski definition) is 0. The van der Waals surface area contributed by atoms with Crippen molar-refractivity contribution < 1.29 is 0 Å². The molecule has 71 valence electrons. The quantitative estimate of drug-likeness (QED) is 0.655. The molecular formula is C13H19. The van der Waals surface area contributed by atoms with Crippen molar-refractivity contribution in [1.29, 1.82) is 0 Å². The summed E-state index contributed by atoms with van der Waals surface area (Å²) in [6.07, 6.45) is 1.08. The molecule has 0 N–H and O–H groups in total. The summed E-state index contributed by atoms with van der Waals surface area (Å²) in [6.45, 7) is 10.6. The maximum absolute atomic E-state index is 3.99. The first kappa shape index (κ1) is 10.3. The van der Waals surface area contributed by atoms with Crippen molar-refractivity contribution in [1.82, 2.24) is 0 Å². The Kier molecular flexibility index (Phi) is 3.53. The SMILES string of the molecule is [CH2]C(C)Cc1ccc(C(C)C)cc1. The van der Waals surface area contributed by atoms with E-state index in [0.717, 1.165) is 6.42 Å². The molecule has 0 aliphatic heterocycles. The molecule has 1 rings (SSSR count). The third-order valence-corrected chi connectivity index (χ3v) is 2.23. The lowest BCUT2D eigenvalue weighted by Gasteiger charge is -2.08. The molecule has 0 nitrogen and oxygen atoms in total. The average Bonchev–Trinajstić information content (AvgIpc) is 2.04. The molecule has 1 unspecified atom stereocenters. The van der Waals surface area contributed by atoms with Crippen LogP contribution in [0, 0.1) is 12.8 Å². The van der Waals surface area contributed by atoms with Crippen LogP contribution in [-0.2, 0) is 6.42 Å². The second kappa shape index (κ2) is 4.45. The Labute approximate surface area is 82.0 Å². The minimum Gasteiger partial charge on any atom is -0.0622 e. The normalized spacial score (nSPS) is 11.2. The Hall–Kier alpha value is -0.780. The summed E-state index contributed by atoms with van der Waals surface area (Å²) in [6, 6.07) is 8.89. The number of rotatable bonds is 3. The van der Waals surface area contributed by atoms with Crippen LogP contribution in [0.3, 0.4) is 0 Å². The van der Waals surface area contributed by atoms with Gasteiger partial charge in [0, 0.05) is 0 Å². The first-order chi connectivity index (χ1) is 6.09. The number of benzene rings is 1. The van der Waals surface area contributed by atoms with E-state index in [9.17, 15) is 0 Å². The highest BCUT2D eigenvalue weighted by atomic mass is 14.1. The van der Waals surface area contributed by atoms with Crippen LogP contribution in [0.4, 0.5) is 0 Å². The predicted octanol–water partition coefficient (Wildman–Crippen LogP) is 3.82. The predicted molar refractivity (Wildman–Crippen MR) is 58.8 cm³/mol. The van der Waals surface area contributed by atoms with Gasteiger partial charge in [-0.25, -0.2) is 0 Å².